The average Bonchev–Trinajstić information content (AvgIpc) is 2.42. The van der Waals surface area contributed by atoms with Gasteiger partial charge in [0.1, 0.15) is 5.60 Å². The fourth-order valence-electron chi connectivity index (χ4n) is 2.03. The lowest BCUT2D eigenvalue weighted by Gasteiger charge is -2.25. The van der Waals surface area contributed by atoms with Gasteiger partial charge in [0.05, 0.1) is 6.61 Å². The minimum Gasteiger partial charge on any atom is -0.480 e. The van der Waals surface area contributed by atoms with Crippen LogP contribution >= 0.6 is 0 Å². The molecule has 26 heavy (non-hydrogen) atoms. The van der Waals surface area contributed by atoms with Crippen LogP contribution < -0.4 is 16.8 Å². The van der Waals surface area contributed by atoms with Gasteiger partial charge in [-0.3, -0.25) is 0 Å². The van der Waals surface area contributed by atoms with Crippen molar-refractivity contribution in [2.75, 3.05) is 11.5 Å². The number of benzene rings is 1. The zero-order chi connectivity index (χ0) is 20.1. The first-order valence-electron chi connectivity index (χ1n) is 7.60. The molecule has 0 saturated carbocycles. The Bertz CT molecular complexity index is 665. The predicted octanol–water partition coefficient (Wildman–Crippen LogP) is 0.799. The van der Waals surface area contributed by atoms with Gasteiger partial charge in [0.15, 0.2) is 12.1 Å². The topological polar surface area (TPSA) is 174 Å². The molecule has 144 valence electrons. The van der Waals surface area contributed by atoms with Crippen LogP contribution in [0.25, 0.3) is 0 Å². The summed E-state index contributed by atoms with van der Waals surface area (Å²) in [5, 5.41) is 20.6. The number of ether oxygens (including phenoxy) is 2. The average molecular weight is 369 g/mol. The van der Waals surface area contributed by atoms with Crippen LogP contribution in [0.5, 0.6) is 0 Å². The lowest BCUT2D eigenvalue weighted by atomic mass is 10.1. The smallest absolute Gasteiger partial charge is 0.408 e. The maximum atomic E-state index is 11.8. The van der Waals surface area contributed by atoms with Crippen molar-refractivity contribution >= 4 is 29.4 Å². The normalized spacial score (nSPS) is 13.5. The van der Waals surface area contributed by atoms with Crippen molar-refractivity contribution in [3.63, 3.8) is 0 Å². The molecule has 0 aliphatic heterocycles. The highest BCUT2D eigenvalue weighted by Gasteiger charge is 2.37. The van der Waals surface area contributed by atoms with Crippen LogP contribution in [0.2, 0.25) is 0 Å². The summed E-state index contributed by atoms with van der Waals surface area (Å²) in [7, 11) is 0. The molecular weight excluding hydrogens is 346 g/mol. The third-order valence-corrected chi connectivity index (χ3v) is 2.95. The van der Waals surface area contributed by atoms with Gasteiger partial charge in [-0.05, 0) is 44.5 Å². The zero-order valence-electron chi connectivity index (χ0n) is 14.7. The Hall–Kier alpha value is -3.01. The Labute approximate surface area is 150 Å². The molecule has 7 N–H and O–H groups in total. The number of carboxylic acid groups (broad SMARTS) is 2. The zero-order valence-corrected chi connectivity index (χ0v) is 14.7. The van der Waals surface area contributed by atoms with Gasteiger partial charge in [-0.1, -0.05) is 0 Å². The van der Waals surface area contributed by atoms with Gasteiger partial charge in [-0.15, -0.1) is 0 Å². The van der Waals surface area contributed by atoms with Crippen LogP contribution in [-0.4, -0.2) is 46.0 Å². The number of carbonyl (C=O) groups excluding carboxylic acids is 1. The van der Waals surface area contributed by atoms with Gasteiger partial charge < -0.3 is 36.5 Å². The van der Waals surface area contributed by atoms with E-state index in [1.54, 1.807) is 20.8 Å². The van der Waals surface area contributed by atoms with E-state index < -0.39 is 35.8 Å². The fraction of sp³-hybridized carbons (Fsp3) is 0.438. The Balaban J connectivity index is 2.90. The molecule has 0 aliphatic rings. The first-order valence-corrected chi connectivity index (χ1v) is 7.60. The van der Waals surface area contributed by atoms with Crippen molar-refractivity contribution in [1.82, 2.24) is 5.32 Å². The second kappa shape index (κ2) is 8.39. The van der Waals surface area contributed by atoms with E-state index >= 15 is 0 Å². The molecule has 10 heteroatoms. The lowest BCUT2D eigenvalue weighted by molar-refractivity contribution is -0.161. The number of nitrogens with two attached hydrogens (primary N) is 2. The van der Waals surface area contributed by atoms with E-state index in [-0.39, 0.29) is 6.61 Å². The predicted molar refractivity (Wildman–Crippen MR) is 92.3 cm³/mol. The van der Waals surface area contributed by atoms with Crippen molar-refractivity contribution < 1.29 is 34.1 Å². The van der Waals surface area contributed by atoms with E-state index in [2.05, 4.69) is 0 Å². The summed E-state index contributed by atoms with van der Waals surface area (Å²) in [6.45, 7) is 4.47. The molecule has 0 heterocycles. The maximum absolute atomic E-state index is 11.8. The summed E-state index contributed by atoms with van der Waals surface area (Å²) in [4.78, 5) is 34.6. The largest absolute Gasteiger partial charge is 0.480 e. The van der Waals surface area contributed by atoms with Crippen LogP contribution in [0.4, 0.5) is 16.2 Å². The minimum absolute atomic E-state index is 0.272. The van der Waals surface area contributed by atoms with Gasteiger partial charge >= 0.3 is 18.0 Å². The second-order valence-electron chi connectivity index (χ2n) is 6.54. The van der Waals surface area contributed by atoms with Crippen LogP contribution in [0.3, 0.4) is 0 Å². The summed E-state index contributed by atoms with van der Waals surface area (Å²) in [5.41, 5.74) is 11.5. The standard InChI is InChI=1S/C16H23N3O7/c1-16(2,3)26-15(24)19-11(13(20)21)12(14(22)23)25-7-8-4-9(17)6-10(18)5-8/h4-6,11-12H,7,17-18H2,1-3H3,(H,19,24)(H,20,21)(H,22,23)/t11-,12-/m0/s1. The summed E-state index contributed by atoms with van der Waals surface area (Å²) < 4.78 is 10.1. The van der Waals surface area contributed by atoms with Crippen molar-refractivity contribution in [3.05, 3.63) is 23.8 Å². The second-order valence-corrected chi connectivity index (χ2v) is 6.54. The molecule has 0 bridgehead atoms. The number of alkyl carbamates (subject to hydrolysis) is 1. The Morgan fingerprint density at radius 2 is 1.62 bits per heavy atom. The lowest BCUT2D eigenvalue weighted by Crippen LogP contribution is -2.53. The molecule has 1 amide bonds. The summed E-state index contributed by atoms with van der Waals surface area (Å²) in [5.74, 6) is -3.15. The van der Waals surface area contributed by atoms with Crippen molar-refractivity contribution in [2.45, 2.75) is 45.1 Å². The van der Waals surface area contributed by atoms with Crippen LogP contribution in [0, 0.1) is 0 Å². The van der Waals surface area contributed by atoms with E-state index in [0.717, 1.165) is 0 Å². The molecule has 0 unspecified atom stereocenters. The third-order valence-electron chi connectivity index (χ3n) is 2.95. The molecule has 0 saturated heterocycles. The van der Waals surface area contributed by atoms with Crippen molar-refractivity contribution in [2.24, 2.45) is 0 Å². The summed E-state index contributed by atoms with van der Waals surface area (Å²) in [6, 6.07) is 2.65. The first-order chi connectivity index (χ1) is 11.9. The SMILES string of the molecule is CC(C)(C)OC(=O)N[C@H](C(=O)O)[C@H](OCc1cc(N)cc(N)c1)C(=O)O. The number of hydrogen-bond acceptors (Lipinski definition) is 7. The van der Waals surface area contributed by atoms with Crippen LogP contribution in [0.15, 0.2) is 18.2 Å². The number of aliphatic carboxylic acids is 2. The van der Waals surface area contributed by atoms with Gasteiger partial charge in [0.2, 0.25) is 0 Å². The first kappa shape index (κ1) is 21.0. The van der Waals surface area contributed by atoms with Gasteiger partial charge in [-0.25, -0.2) is 14.4 Å². The molecule has 1 aromatic rings. The minimum atomic E-state index is -1.86. The van der Waals surface area contributed by atoms with Gasteiger partial charge in [0.25, 0.3) is 0 Å². The van der Waals surface area contributed by atoms with Gasteiger partial charge in [0, 0.05) is 11.4 Å². The monoisotopic (exact) mass is 369 g/mol. The molecule has 1 rings (SSSR count). The Morgan fingerprint density at radius 3 is 2.04 bits per heavy atom. The highest BCUT2D eigenvalue weighted by atomic mass is 16.6. The molecular formula is C16H23N3O7. The van der Waals surface area contributed by atoms with Gasteiger partial charge in [-0.2, -0.15) is 0 Å². The molecule has 0 fully saturated rings. The highest BCUT2D eigenvalue weighted by molar-refractivity contribution is 5.87. The molecule has 0 aromatic heterocycles. The van der Waals surface area contributed by atoms with Crippen molar-refractivity contribution in [3.8, 4) is 0 Å². The van der Waals surface area contributed by atoms with E-state index in [1.807, 2.05) is 5.32 Å². The summed E-state index contributed by atoms with van der Waals surface area (Å²) in [6.07, 6.45) is -2.93. The molecule has 10 nitrogen and oxygen atoms in total. The van der Waals surface area contributed by atoms with E-state index in [0.29, 0.717) is 16.9 Å². The number of nitrogen functional groups attached to an aromatic ring is 2. The fourth-order valence-corrected chi connectivity index (χ4v) is 2.03. The molecule has 2 atom stereocenters. The quantitative estimate of drug-likeness (QED) is 0.435. The number of anilines is 2. The highest BCUT2D eigenvalue weighted by Crippen LogP contribution is 2.16. The Morgan fingerprint density at radius 1 is 1.08 bits per heavy atom. The number of rotatable bonds is 7. The number of carboxylic acids is 2. The molecule has 1 aromatic carbocycles. The molecule has 0 aliphatic carbocycles. The summed E-state index contributed by atoms with van der Waals surface area (Å²) >= 11 is 0. The maximum Gasteiger partial charge on any atom is 0.408 e. The number of nitrogens with one attached hydrogen (secondary N) is 1. The Kier molecular flexibility index (Phi) is 6.78. The van der Waals surface area contributed by atoms with Crippen LogP contribution in [-0.2, 0) is 25.7 Å². The van der Waals surface area contributed by atoms with Crippen LogP contribution in [0.1, 0.15) is 26.3 Å². The molecule has 0 spiro atoms. The molecule has 0 radical (unpaired) electrons. The van der Waals surface area contributed by atoms with Crippen molar-refractivity contribution in [1.29, 1.82) is 0 Å². The number of carbonyl (C=O) groups is 3. The van der Waals surface area contributed by atoms with E-state index in [1.165, 1.54) is 18.2 Å². The number of hydrogen-bond donors (Lipinski definition) is 5. The third kappa shape index (κ3) is 6.85. The number of amides is 1. The van der Waals surface area contributed by atoms with E-state index in [9.17, 15) is 24.6 Å². The van der Waals surface area contributed by atoms with E-state index in [4.69, 9.17) is 20.9 Å².